The third kappa shape index (κ3) is 1.87. The van der Waals surface area contributed by atoms with Crippen LogP contribution in [0.3, 0.4) is 0 Å². The van der Waals surface area contributed by atoms with Gasteiger partial charge in [0.1, 0.15) is 0 Å². The predicted octanol–water partition coefficient (Wildman–Crippen LogP) is 1.87. The van der Waals surface area contributed by atoms with Crippen molar-refractivity contribution in [3.63, 3.8) is 0 Å². The summed E-state index contributed by atoms with van der Waals surface area (Å²) >= 11 is 0. The van der Waals surface area contributed by atoms with Crippen LogP contribution in [0.25, 0.3) is 0 Å². The number of ketones is 1. The summed E-state index contributed by atoms with van der Waals surface area (Å²) in [5, 5.41) is 3.12. The summed E-state index contributed by atoms with van der Waals surface area (Å²) < 4.78 is 0. The van der Waals surface area contributed by atoms with Gasteiger partial charge in [0, 0.05) is 11.1 Å². The molecule has 2 heteroatoms. The molecule has 68 valence electrons. The van der Waals surface area contributed by atoms with Crippen LogP contribution < -0.4 is 5.32 Å². The Balaban J connectivity index is 2.61. The molecule has 0 saturated carbocycles. The molecule has 12 heavy (non-hydrogen) atoms. The van der Waals surface area contributed by atoms with Crippen LogP contribution in [0.15, 0.2) is 12.3 Å². The third-order valence-electron chi connectivity index (χ3n) is 2.17. The van der Waals surface area contributed by atoms with Crippen LogP contribution in [0.1, 0.15) is 33.6 Å². The number of Topliss-reactive ketones (excluding diaryl/α,β-unsaturated/α-hetero) is 1. The summed E-state index contributed by atoms with van der Waals surface area (Å²) in [4.78, 5) is 11.7. The number of hydrogen-bond acceptors (Lipinski definition) is 2. The third-order valence-corrected chi connectivity index (χ3v) is 2.17. The number of carbonyl (C=O) groups excluding carboxylic acids is 1. The Labute approximate surface area is 74.0 Å². The first-order chi connectivity index (χ1) is 5.41. The minimum Gasteiger partial charge on any atom is -0.379 e. The van der Waals surface area contributed by atoms with E-state index in [9.17, 15) is 4.79 Å². The Morgan fingerprint density at radius 3 is 2.50 bits per heavy atom. The highest BCUT2D eigenvalue weighted by Gasteiger charge is 2.32. The van der Waals surface area contributed by atoms with Crippen molar-refractivity contribution in [2.24, 2.45) is 5.41 Å². The molecule has 0 aliphatic carbocycles. The van der Waals surface area contributed by atoms with Crippen molar-refractivity contribution in [3.8, 4) is 0 Å². The van der Waals surface area contributed by atoms with Crippen LogP contribution in [-0.4, -0.2) is 11.8 Å². The summed E-state index contributed by atoms with van der Waals surface area (Å²) in [7, 11) is 0. The van der Waals surface area contributed by atoms with Gasteiger partial charge in [-0.1, -0.05) is 27.4 Å². The van der Waals surface area contributed by atoms with Crippen LogP contribution in [-0.2, 0) is 4.79 Å². The molecule has 0 radical (unpaired) electrons. The molecular weight excluding hydrogens is 150 g/mol. The van der Waals surface area contributed by atoms with Gasteiger partial charge < -0.3 is 5.32 Å². The van der Waals surface area contributed by atoms with E-state index < -0.39 is 0 Å². The molecule has 1 aliphatic rings. The topological polar surface area (TPSA) is 29.1 Å². The van der Waals surface area contributed by atoms with Crippen molar-refractivity contribution in [3.05, 3.63) is 12.3 Å². The van der Waals surface area contributed by atoms with Gasteiger partial charge in [-0.05, 0) is 12.8 Å². The summed E-state index contributed by atoms with van der Waals surface area (Å²) in [6.45, 7) is 9.67. The molecule has 1 heterocycles. The molecule has 0 unspecified atom stereocenters. The molecule has 0 aromatic carbocycles. The molecule has 1 N–H and O–H groups in total. The van der Waals surface area contributed by atoms with Gasteiger partial charge in [-0.15, -0.1) is 0 Å². The maximum atomic E-state index is 11.7. The number of hydrogen-bond donors (Lipinski definition) is 1. The van der Waals surface area contributed by atoms with E-state index in [1.165, 1.54) is 0 Å². The van der Waals surface area contributed by atoms with E-state index in [1.54, 1.807) is 0 Å². The second-order valence-corrected chi connectivity index (χ2v) is 4.45. The molecule has 0 bridgehead atoms. The predicted molar refractivity (Wildman–Crippen MR) is 49.8 cm³/mol. The lowest BCUT2D eigenvalue weighted by atomic mass is 9.86. The SMILES string of the molecule is C=C1CC[C@@H](C(=O)C(C)(C)C)N1. The summed E-state index contributed by atoms with van der Waals surface area (Å²) in [5.74, 6) is 0.293. The first-order valence-electron chi connectivity index (χ1n) is 4.40. The van der Waals surface area contributed by atoms with E-state index in [-0.39, 0.29) is 11.5 Å². The maximum absolute atomic E-state index is 11.7. The molecular formula is C10H17NO. The molecule has 1 rings (SSSR count). The van der Waals surface area contributed by atoms with E-state index in [2.05, 4.69) is 11.9 Å². The van der Waals surface area contributed by atoms with Crippen LogP contribution in [0.5, 0.6) is 0 Å². The summed E-state index contributed by atoms with van der Waals surface area (Å²) in [6.07, 6.45) is 1.85. The number of rotatable bonds is 1. The minimum atomic E-state index is -0.234. The Hall–Kier alpha value is -0.790. The van der Waals surface area contributed by atoms with Gasteiger partial charge in [-0.2, -0.15) is 0 Å². The van der Waals surface area contributed by atoms with Gasteiger partial charge in [0.2, 0.25) is 0 Å². The fourth-order valence-electron chi connectivity index (χ4n) is 1.43. The van der Waals surface area contributed by atoms with E-state index in [1.807, 2.05) is 20.8 Å². The standard InChI is InChI=1S/C10H17NO/c1-7-5-6-8(11-7)9(12)10(2,3)4/h8,11H,1,5-6H2,2-4H3/t8-/m0/s1. The van der Waals surface area contributed by atoms with E-state index in [0.717, 1.165) is 18.5 Å². The smallest absolute Gasteiger partial charge is 0.160 e. The Morgan fingerprint density at radius 1 is 1.58 bits per heavy atom. The zero-order valence-electron chi connectivity index (χ0n) is 8.11. The summed E-state index contributed by atoms with van der Waals surface area (Å²) in [6, 6.07) is 0.0116. The highest BCUT2D eigenvalue weighted by molar-refractivity contribution is 5.89. The van der Waals surface area contributed by atoms with Crippen LogP contribution in [0, 0.1) is 5.41 Å². The monoisotopic (exact) mass is 167 g/mol. The number of carbonyl (C=O) groups is 1. The second-order valence-electron chi connectivity index (χ2n) is 4.45. The van der Waals surface area contributed by atoms with Crippen molar-refractivity contribution in [2.75, 3.05) is 0 Å². The average molecular weight is 167 g/mol. The zero-order valence-corrected chi connectivity index (χ0v) is 8.11. The molecule has 1 fully saturated rings. The first-order valence-corrected chi connectivity index (χ1v) is 4.40. The zero-order chi connectivity index (χ0) is 9.35. The van der Waals surface area contributed by atoms with E-state index in [0.29, 0.717) is 5.78 Å². The maximum Gasteiger partial charge on any atom is 0.160 e. The normalized spacial score (nSPS) is 23.9. The molecule has 0 aromatic rings. The molecule has 1 aliphatic heterocycles. The Morgan fingerprint density at radius 2 is 2.17 bits per heavy atom. The molecule has 0 aromatic heterocycles. The van der Waals surface area contributed by atoms with Crippen LogP contribution in [0.4, 0.5) is 0 Å². The average Bonchev–Trinajstić information content (AvgIpc) is 2.32. The highest BCUT2D eigenvalue weighted by atomic mass is 16.1. The van der Waals surface area contributed by atoms with Gasteiger partial charge in [0.25, 0.3) is 0 Å². The molecule has 1 saturated heterocycles. The fourth-order valence-corrected chi connectivity index (χ4v) is 1.43. The van der Waals surface area contributed by atoms with E-state index in [4.69, 9.17) is 0 Å². The largest absolute Gasteiger partial charge is 0.379 e. The van der Waals surface area contributed by atoms with Crippen LogP contribution >= 0.6 is 0 Å². The van der Waals surface area contributed by atoms with Gasteiger partial charge in [-0.3, -0.25) is 4.79 Å². The molecule has 1 atom stereocenters. The molecule has 2 nitrogen and oxygen atoms in total. The minimum absolute atomic E-state index is 0.0116. The van der Waals surface area contributed by atoms with Crippen molar-refractivity contribution < 1.29 is 4.79 Å². The van der Waals surface area contributed by atoms with Gasteiger partial charge in [0.15, 0.2) is 5.78 Å². The molecule has 0 amide bonds. The van der Waals surface area contributed by atoms with Gasteiger partial charge in [-0.25, -0.2) is 0 Å². The summed E-state index contributed by atoms with van der Waals surface area (Å²) in [5.41, 5.74) is 0.764. The van der Waals surface area contributed by atoms with Gasteiger partial charge >= 0.3 is 0 Å². The van der Waals surface area contributed by atoms with E-state index >= 15 is 0 Å². The first kappa shape index (κ1) is 9.30. The fraction of sp³-hybridized carbons (Fsp3) is 0.700. The lowest BCUT2D eigenvalue weighted by Gasteiger charge is -2.21. The van der Waals surface area contributed by atoms with Crippen LogP contribution in [0.2, 0.25) is 0 Å². The molecule has 0 spiro atoms. The second kappa shape index (κ2) is 2.92. The lowest BCUT2D eigenvalue weighted by molar-refractivity contribution is -0.127. The van der Waals surface area contributed by atoms with Gasteiger partial charge in [0.05, 0.1) is 6.04 Å². The Kier molecular flexibility index (Phi) is 2.27. The number of allylic oxidation sites excluding steroid dienone is 1. The highest BCUT2D eigenvalue weighted by Crippen LogP contribution is 2.23. The number of nitrogens with one attached hydrogen (secondary N) is 1. The quantitative estimate of drug-likeness (QED) is 0.646. The lowest BCUT2D eigenvalue weighted by Crippen LogP contribution is -2.38. The van der Waals surface area contributed by atoms with Crippen molar-refractivity contribution in [1.82, 2.24) is 5.32 Å². The van der Waals surface area contributed by atoms with Crippen molar-refractivity contribution in [2.45, 2.75) is 39.7 Å². The van der Waals surface area contributed by atoms with Crippen molar-refractivity contribution in [1.29, 1.82) is 0 Å². The Bertz CT molecular complexity index is 212. The van der Waals surface area contributed by atoms with Crippen molar-refractivity contribution >= 4 is 5.78 Å².